The van der Waals surface area contributed by atoms with Crippen LogP contribution in [0.15, 0.2) is 29.8 Å². The molecule has 7 nitrogen and oxygen atoms in total. The van der Waals surface area contributed by atoms with Crippen LogP contribution in [0.25, 0.3) is 0 Å². The number of ether oxygens (including phenoxy) is 2. The second-order valence-electron chi connectivity index (χ2n) is 7.78. The Hall–Kier alpha value is -3.34. The molecule has 154 valence electrons. The van der Waals surface area contributed by atoms with Crippen LogP contribution in [0, 0.1) is 56.7 Å². The van der Waals surface area contributed by atoms with Gasteiger partial charge in [0.1, 0.15) is 5.92 Å². The third kappa shape index (κ3) is 3.30. The van der Waals surface area contributed by atoms with Crippen LogP contribution in [0.2, 0.25) is 0 Å². The highest BCUT2D eigenvalue weighted by molar-refractivity contribution is 6.00. The molecule has 1 heterocycles. The number of hydrogen-bond donors (Lipinski definition) is 1. The Balaban J connectivity index is 2.19. The number of methoxy groups -OCH3 is 1. The van der Waals surface area contributed by atoms with Crippen molar-refractivity contribution in [2.45, 2.75) is 19.3 Å². The van der Waals surface area contributed by atoms with Gasteiger partial charge in [-0.1, -0.05) is 19.1 Å². The summed E-state index contributed by atoms with van der Waals surface area (Å²) in [4.78, 5) is 2.10. The van der Waals surface area contributed by atoms with E-state index < -0.39 is 17.3 Å². The van der Waals surface area contributed by atoms with E-state index in [0.29, 0.717) is 31.2 Å². The third-order valence-corrected chi connectivity index (χ3v) is 5.98. The van der Waals surface area contributed by atoms with Crippen LogP contribution >= 0.6 is 0 Å². The van der Waals surface area contributed by atoms with Crippen LogP contribution in [0.3, 0.4) is 0 Å². The Bertz CT molecular complexity index is 980. The molecule has 1 fully saturated rings. The lowest BCUT2D eigenvalue weighted by molar-refractivity contribution is 0.234. The fraction of sp³-hybridized carbons (Fsp3) is 0.478. The van der Waals surface area contributed by atoms with Crippen molar-refractivity contribution in [3.05, 3.63) is 35.4 Å². The maximum absolute atomic E-state index is 10.1. The van der Waals surface area contributed by atoms with E-state index in [9.17, 15) is 15.8 Å². The van der Waals surface area contributed by atoms with Gasteiger partial charge in [-0.2, -0.15) is 15.8 Å². The van der Waals surface area contributed by atoms with Crippen molar-refractivity contribution >= 4 is 5.71 Å². The molecule has 3 rings (SSSR count). The molecule has 1 aromatic carbocycles. The van der Waals surface area contributed by atoms with E-state index in [2.05, 4.69) is 23.1 Å². The molecule has 0 unspecified atom stereocenters. The highest BCUT2D eigenvalue weighted by Gasteiger charge is 2.57. The monoisotopic (exact) mass is 403 g/mol. The normalized spacial score (nSPS) is 25.1. The van der Waals surface area contributed by atoms with Crippen LogP contribution in [-0.2, 0) is 0 Å². The highest BCUT2D eigenvalue weighted by atomic mass is 16.5. The smallest absolute Gasteiger partial charge is 0.189 e. The van der Waals surface area contributed by atoms with Gasteiger partial charge in [-0.05, 0) is 36.7 Å². The zero-order chi connectivity index (χ0) is 21.9. The number of rotatable bonds is 5. The average molecular weight is 403 g/mol. The van der Waals surface area contributed by atoms with E-state index >= 15 is 0 Å². The lowest BCUT2D eigenvalue weighted by Gasteiger charge is -2.47. The van der Waals surface area contributed by atoms with Gasteiger partial charge in [0.25, 0.3) is 0 Å². The molecule has 2 aliphatic rings. The molecule has 0 aromatic heterocycles. The second kappa shape index (κ2) is 8.57. The minimum atomic E-state index is -1.72. The van der Waals surface area contributed by atoms with Gasteiger partial charge in [-0.25, -0.2) is 0 Å². The molecule has 0 spiro atoms. The number of hydrogen-bond acceptors (Lipinski definition) is 7. The van der Waals surface area contributed by atoms with Crippen LogP contribution in [0.5, 0.6) is 11.5 Å². The fourth-order valence-corrected chi connectivity index (χ4v) is 4.54. The molecular weight excluding hydrogens is 378 g/mol. The molecule has 3 atom stereocenters. The van der Waals surface area contributed by atoms with E-state index in [0.717, 1.165) is 17.6 Å². The Morgan fingerprint density at radius 1 is 1.23 bits per heavy atom. The van der Waals surface area contributed by atoms with Crippen molar-refractivity contribution in [3.8, 4) is 29.7 Å². The SMILES string of the molecule is CCCOc1ccc([C@H]2[C@H]3CN(C)CC=C3[C@@H](C#N)C(=N)C2(C#N)C#N)cc1OC. The average Bonchev–Trinajstić information content (AvgIpc) is 2.77. The van der Waals surface area contributed by atoms with Crippen LogP contribution in [0.4, 0.5) is 0 Å². The first-order valence-corrected chi connectivity index (χ1v) is 9.97. The molecule has 0 bridgehead atoms. The molecule has 7 heteroatoms. The quantitative estimate of drug-likeness (QED) is 0.754. The molecular formula is C23H25N5O2. The topological polar surface area (TPSA) is 117 Å². The molecule has 0 radical (unpaired) electrons. The lowest BCUT2D eigenvalue weighted by atomic mass is 9.54. The largest absolute Gasteiger partial charge is 0.493 e. The summed E-state index contributed by atoms with van der Waals surface area (Å²) in [6.07, 6.45) is 2.83. The maximum atomic E-state index is 10.1. The van der Waals surface area contributed by atoms with E-state index in [1.54, 1.807) is 19.2 Å². The molecule has 30 heavy (non-hydrogen) atoms. The zero-order valence-corrected chi connectivity index (χ0v) is 17.5. The van der Waals surface area contributed by atoms with Crippen molar-refractivity contribution in [1.29, 1.82) is 21.2 Å². The van der Waals surface area contributed by atoms with Gasteiger partial charge in [0, 0.05) is 24.9 Å². The summed E-state index contributed by atoms with van der Waals surface area (Å²) in [5.41, 5.74) is -0.308. The second-order valence-corrected chi connectivity index (χ2v) is 7.78. The van der Waals surface area contributed by atoms with Crippen molar-refractivity contribution in [2.75, 3.05) is 33.9 Å². The van der Waals surface area contributed by atoms with Crippen LogP contribution in [0.1, 0.15) is 24.8 Å². The van der Waals surface area contributed by atoms with Crippen LogP contribution < -0.4 is 9.47 Å². The number of fused-ring (bicyclic) bond motifs is 1. The zero-order valence-electron chi connectivity index (χ0n) is 17.5. The number of nitrogens with one attached hydrogen (secondary N) is 1. The summed E-state index contributed by atoms with van der Waals surface area (Å²) < 4.78 is 11.3. The van der Waals surface area contributed by atoms with E-state index in [1.165, 1.54) is 0 Å². The molecule has 1 aliphatic carbocycles. The van der Waals surface area contributed by atoms with Gasteiger partial charge in [-0.3, -0.25) is 0 Å². The first kappa shape index (κ1) is 21.4. The van der Waals surface area contributed by atoms with Crippen molar-refractivity contribution < 1.29 is 9.47 Å². The number of nitrogens with zero attached hydrogens (tertiary/aromatic N) is 4. The Kier molecular flexibility index (Phi) is 6.11. The summed E-state index contributed by atoms with van der Waals surface area (Å²) in [7, 11) is 3.52. The summed E-state index contributed by atoms with van der Waals surface area (Å²) in [6, 6.07) is 11.8. The first-order valence-electron chi connectivity index (χ1n) is 9.97. The van der Waals surface area contributed by atoms with Gasteiger partial charge < -0.3 is 19.8 Å². The number of likely N-dealkylation sites (N-methyl/N-ethyl adjacent to an activating group) is 1. The minimum Gasteiger partial charge on any atom is -0.493 e. The molecule has 1 aromatic rings. The van der Waals surface area contributed by atoms with Gasteiger partial charge >= 0.3 is 0 Å². The molecule has 1 N–H and O–H groups in total. The van der Waals surface area contributed by atoms with Gasteiger partial charge in [0.15, 0.2) is 16.9 Å². The summed E-state index contributed by atoms with van der Waals surface area (Å²) in [5, 5.41) is 38.6. The van der Waals surface area contributed by atoms with Gasteiger partial charge in [0.2, 0.25) is 0 Å². The van der Waals surface area contributed by atoms with E-state index in [1.807, 2.05) is 26.1 Å². The van der Waals surface area contributed by atoms with Crippen LogP contribution in [-0.4, -0.2) is 44.5 Å². The molecule has 0 saturated heterocycles. The van der Waals surface area contributed by atoms with Crippen molar-refractivity contribution in [2.24, 2.45) is 17.3 Å². The van der Waals surface area contributed by atoms with Crippen molar-refractivity contribution in [3.63, 3.8) is 0 Å². The fourth-order valence-electron chi connectivity index (χ4n) is 4.54. The standard InChI is InChI=1S/C23H25N5O2/c1-4-9-30-19-6-5-15(10-20(19)29-3)21-18-12-28(2)8-7-16(18)17(11-24)22(27)23(21,13-25)14-26/h5-7,10,17-18,21,27H,4,8-9,12H2,1-3H3/t17-,18+,21+/m1/s1. The predicted molar refractivity (Wildman–Crippen MR) is 111 cm³/mol. The summed E-state index contributed by atoms with van der Waals surface area (Å²) in [6.45, 7) is 3.84. The predicted octanol–water partition coefficient (Wildman–Crippen LogP) is 3.26. The molecule has 1 saturated carbocycles. The van der Waals surface area contributed by atoms with Gasteiger partial charge in [-0.15, -0.1) is 0 Å². The maximum Gasteiger partial charge on any atom is 0.189 e. The summed E-state index contributed by atoms with van der Waals surface area (Å²) in [5.74, 6) is -0.552. The Morgan fingerprint density at radius 3 is 2.57 bits per heavy atom. The van der Waals surface area contributed by atoms with E-state index in [-0.39, 0.29) is 11.6 Å². The highest BCUT2D eigenvalue weighted by Crippen LogP contribution is 2.54. The van der Waals surface area contributed by atoms with E-state index in [4.69, 9.17) is 14.9 Å². The Morgan fingerprint density at radius 2 is 1.97 bits per heavy atom. The van der Waals surface area contributed by atoms with Gasteiger partial charge in [0.05, 0.1) is 37.6 Å². The molecule has 1 aliphatic heterocycles. The third-order valence-electron chi connectivity index (χ3n) is 5.98. The Labute approximate surface area is 177 Å². The number of benzene rings is 1. The lowest BCUT2D eigenvalue weighted by Crippen LogP contribution is -2.52. The van der Waals surface area contributed by atoms with Crippen molar-refractivity contribution in [1.82, 2.24) is 4.90 Å². The summed E-state index contributed by atoms with van der Waals surface area (Å²) >= 11 is 0. The number of nitriles is 3. The molecule has 0 amide bonds. The first-order chi connectivity index (χ1) is 14.5. The minimum absolute atomic E-state index is 0.141.